The molecule has 0 bridgehead atoms. The van der Waals surface area contributed by atoms with Crippen LogP contribution in [0.25, 0.3) is 0 Å². The van der Waals surface area contributed by atoms with Gasteiger partial charge in [-0.05, 0) is 55.8 Å². The van der Waals surface area contributed by atoms with E-state index < -0.39 is 0 Å². The number of halogens is 2. The standard InChI is InChI=1S/C18H25Cl2N3O/c19-16-4-3-14(9-17(16)20)12-23-7-5-15(6-8-23)22-18(24)11-21-10-13-1-2-13/h3-4,9,13,15,21H,1-2,5-8,10-12H2,(H,22,24). The Morgan fingerprint density at radius 3 is 2.54 bits per heavy atom. The zero-order chi connectivity index (χ0) is 16.9. The van der Waals surface area contributed by atoms with Crippen LogP contribution in [0.5, 0.6) is 0 Å². The van der Waals surface area contributed by atoms with Crippen LogP contribution >= 0.6 is 23.2 Å². The molecule has 1 aliphatic carbocycles. The van der Waals surface area contributed by atoms with Gasteiger partial charge in [-0.3, -0.25) is 9.69 Å². The molecule has 1 saturated carbocycles. The molecule has 1 amide bonds. The van der Waals surface area contributed by atoms with E-state index in [1.165, 1.54) is 18.4 Å². The summed E-state index contributed by atoms with van der Waals surface area (Å²) >= 11 is 12.0. The van der Waals surface area contributed by atoms with E-state index in [-0.39, 0.29) is 5.91 Å². The van der Waals surface area contributed by atoms with E-state index in [9.17, 15) is 4.79 Å². The maximum absolute atomic E-state index is 11.9. The fourth-order valence-electron chi connectivity index (χ4n) is 3.12. The topological polar surface area (TPSA) is 44.4 Å². The van der Waals surface area contributed by atoms with Crippen molar-refractivity contribution in [1.29, 1.82) is 0 Å². The van der Waals surface area contributed by atoms with Crippen molar-refractivity contribution in [3.8, 4) is 0 Å². The van der Waals surface area contributed by atoms with Gasteiger partial charge in [0.05, 0.1) is 16.6 Å². The first kappa shape index (κ1) is 18.0. The summed E-state index contributed by atoms with van der Waals surface area (Å²) in [4.78, 5) is 14.3. The Morgan fingerprint density at radius 1 is 1.12 bits per heavy atom. The zero-order valence-corrected chi connectivity index (χ0v) is 15.4. The third-order valence-electron chi connectivity index (χ3n) is 4.76. The third kappa shape index (κ3) is 5.62. The maximum Gasteiger partial charge on any atom is 0.234 e. The lowest BCUT2D eigenvalue weighted by atomic mass is 10.0. The molecular weight excluding hydrogens is 345 g/mol. The number of amides is 1. The Labute approximate surface area is 153 Å². The van der Waals surface area contributed by atoms with Gasteiger partial charge in [0.25, 0.3) is 0 Å². The van der Waals surface area contributed by atoms with Gasteiger partial charge in [-0.2, -0.15) is 0 Å². The number of piperidine rings is 1. The third-order valence-corrected chi connectivity index (χ3v) is 5.50. The molecule has 0 aromatic heterocycles. The van der Waals surface area contributed by atoms with Gasteiger partial charge in [-0.1, -0.05) is 29.3 Å². The number of hydrogen-bond donors (Lipinski definition) is 2. The fraction of sp³-hybridized carbons (Fsp3) is 0.611. The average Bonchev–Trinajstić information content (AvgIpc) is 3.37. The van der Waals surface area contributed by atoms with Gasteiger partial charge in [0.1, 0.15) is 0 Å². The van der Waals surface area contributed by atoms with E-state index in [0.29, 0.717) is 22.6 Å². The fourth-order valence-corrected chi connectivity index (χ4v) is 3.44. The molecule has 1 aliphatic heterocycles. The van der Waals surface area contributed by atoms with Gasteiger partial charge in [-0.25, -0.2) is 0 Å². The van der Waals surface area contributed by atoms with Crippen molar-refractivity contribution in [2.45, 2.75) is 38.3 Å². The summed E-state index contributed by atoms with van der Waals surface area (Å²) in [6, 6.07) is 6.10. The molecule has 1 aromatic rings. The van der Waals surface area contributed by atoms with E-state index >= 15 is 0 Å². The molecule has 3 rings (SSSR count). The number of hydrogen-bond acceptors (Lipinski definition) is 3. The summed E-state index contributed by atoms with van der Waals surface area (Å²) in [7, 11) is 0. The number of likely N-dealkylation sites (tertiary alicyclic amines) is 1. The van der Waals surface area contributed by atoms with E-state index in [4.69, 9.17) is 23.2 Å². The number of rotatable bonds is 7. The molecule has 2 fully saturated rings. The lowest BCUT2D eigenvalue weighted by molar-refractivity contribution is -0.121. The summed E-state index contributed by atoms with van der Waals surface area (Å²) < 4.78 is 0. The second-order valence-electron chi connectivity index (χ2n) is 6.94. The molecule has 1 aromatic carbocycles. The van der Waals surface area contributed by atoms with Gasteiger partial charge in [0.2, 0.25) is 5.91 Å². The highest BCUT2D eigenvalue weighted by molar-refractivity contribution is 6.42. The lowest BCUT2D eigenvalue weighted by Gasteiger charge is -2.32. The van der Waals surface area contributed by atoms with Crippen LogP contribution in [0.15, 0.2) is 18.2 Å². The quantitative estimate of drug-likeness (QED) is 0.775. The van der Waals surface area contributed by atoms with Crippen molar-refractivity contribution in [2.24, 2.45) is 5.92 Å². The van der Waals surface area contributed by atoms with Crippen molar-refractivity contribution < 1.29 is 4.79 Å². The Balaban J connectivity index is 1.35. The molecule has 1 heterocycles. The first-order valence-electron chi connectivity index (χ1n) is 8.76. The number of carbonyl (C=O) groups excluding carboxylic acids is 1. The highest BCUT2D eigenvalue weighted by Crippen LogP contribution is 2.27. The predicted molar refractivity (Wildman–Crippen MR) is 98.5 cm³/mol. The predicted octanol–water partition coefficient (Wildman–Crippen LogP) is 3.07. The van der Waals surface area contributed by atoms with Crippen LogP contribution in [0.3, 0.4) is 0 Å². The smallest absolute Gasteiger partial charge is 0.234 e. The van der Waals surface area contributed by atoms with Crippen molar-refractivity contribution in [1.82, 2.24) is 15.5 Å². The second kappa shape index (κ2) is 8.52. The first-order chi connectivity index (χ1) is 11.6. The molecule has 132 valence electrons. The Bertz CT molecular complexity index is 569. The molecule has 0 atom stereocenters. The minimum Gasteiger partial charge on any atom is -0.352 e. The summed E-state index contributed by atoms with van der Waals surface area (Å²) in [5.41, 5.74) is 1.18. The second-order valence-corrected chi connectivity index (χ2v) is 7.76. The molecule has 6 heteroatoms. The molecule has 0 spiro atoms. The van der Waals surface area contributed by atoms with Crippen molar-refractivity contribution >= 4 is 29.1 Å². The first-order valence-corrected chi connectivity index (χ1v) is 9.52. The molecular formula is C18H25Cl2N3O. The van der Waals surface area contributed by atoms with Crippen LogP contribution < -0.4 is 10.6 Å². The van der Waals surface area contributed by atoms with Crippen LogP contribution in [0.2, 0.25) is 10.0 Å². The molecule has 4 nitrogen and oxygen atoms in total. The van der Waals surface area contributed by atoms with E-state index in [1.54, 1.807) is 0 Å². The monoisotopic (exact) mass is 369 g/mol. The van der Waals surface area contributed by atoms with E-state index in [2.05, 4.69) is 15.5 Å². The summed E-state index contributed by atoms with van der Waals surface area (Å²) in [5, 5.41) is 7.59. The van der Waals surface area contributed by atoms with Crippen molar-refractivity contribution in [3.05, 3.63) is 33.8 Å². The molecule has 0 radical (unpaired) electrons. The molecule has 1 saturated heterocycles. The van der Waals surface area contributed by atoms with Gasteiger partial charge in [0.15, 0.2) is 0 Å². The Kier molecular flexibility index (Phi) is 6.39. The van der Waals surface area contributed by atoms with Crippen LogP contribution in [0, 0.1) is 5.92 Å². The zero-order valence-electron chi connectivity index (χ0n) is 13.9. The summed E-state index contributed by atoms with van der Waals surface area (Å²) in [6.07, 6.45) is 4.61. The summed E-state index contributed by atoms with van der Waals surface area (Å²) in [5.74, 6) is 0.931. The lowest BCUT2D eigenvalue weighted by Crippen LogP contribution is -2.46. The van der Waals surface area contributed by atoms with Gasteiger partial charge >= 0.3 is 0 Å². The molecule has 2 N–H and O–H groups in total. The van der Waals surface area contributed by atoms with Crippen LogP contribution in [-0.4, -0.2) is 43.0 Å². The summed E-state index contributed by atoms with van der Waals surface area (Å²) in [6.45, 7) is 4.28. The Morgan fingerprint density at radius 2 is 1.88 bits per heavy atom. The maximum atomic E-state index is 11.9. The minimum absolute atomic E-state index is 0.124. The van der Waals surface area contributed by atoms with E-state index in [1.807, 2.05) is 18.2 Å². The van der Waals surface area contributed by atoms with Crippen molar-refractivity contribution in [3.63, 3.8) is 0 Å². The number of nitrogens with one attached hydrogen (secondary N) is 2. The highest BCUT2D eigenvalue weighted by atomic mass is 35.5. The molecule has 0 unspecified atom stereocenters. The highest BCUT2D eigenvalue weighted by Gasteiger charge is 2.22. The number of carbonyl (C=O) groups is 1. The van der Waals surface area contributed by atoms with Crippen molar-refractivity contribution in [2.75, 3.05) is 26.2 Å². The van der Waals surface area contributed by atoms with Gasteiger partial charge < -0.3 is 10.6 Å². The molecule has 2 aliphatic rings. The number of benzene rings is 1. The average molecular weight is 370 g/mol. The van der Waals surface area contributed by atoms with Gasteiger partial charge in [-0.15, -0.1) is 0 Å². The van der Waals surface area contributed by atoms with Gasteiger partial charge in [0, 0.05) is 25.7 Å². The largest absolute Gasteiger partial charge is 0.352 e. The van der Waals surface area contributed by atoms with Crippen LogP contribution in [0.4, 0.5) is 0 Å². The normalized spacial score (nSPS) is 19.4. The SMILES string of the molecule is O=C(CNCC1CC1)NC1CCN(Cc2ccc(Cl)c(Cl)c2)CC1. The van der Waals surface area contributed by atoms with Crippen LogP contribution in [-0.2, 0) is 11.3 Å². The Hall–Kier alpha value is -0.810. The number of nitrogens with zero attached hydrogens (tertiary/aromatic N) is 1. The minimum atomic E-state index is 0.124. The molecule has 24 heavy (non-hydrogen) atoms. The van der Waals surface area contributed by atoms with Crippen LogP contribution in [0.1, 0.15) is 31.2 Å². The van der Waals surface area contributed by atoms with E-state index in [0.717, 1.165) is 44.9 Å².